The van der Waals surface area contributed by atoms with E-state index in [4.69, 9.17) is 4.74 Å². The van der Waals surface area contributed by atoms with Crippen molar-refractivity contribution in [3.63, 3.8) is 0 Å². The molecular formula is C22H30N4O3. The minimum Gasteiger partial charge on any atom is -0.456 e. The number of carbonyl (C=O) groups is 2. The fourth-order valence-corrected chi connectivity index (χ4v) is 3.35. The van der Waals surface area contributed by atoms with E-state index in [0.29, 0.717) is 31.2 Å². The molecule has 0 aliphatic carbocycles. The Labute approximate surface area is 172 Å². The number of hydrogen-bond acceptors (Lipinski definition) is 4. The molecule has 1 aromatic carbocycles. The number of aryl methyl sites for hydroxylation is 1. The summed E-state index contributed by atoms with van der Waals surface area (Å²) in [5.74, 6) is -0.344. The zero-order valence-corrected chi connectivity index (χ0v) is 17.6. The molecule has 0 bridgehead atoms. The number of likely N-dealkylation sites (tertiary alicyclic amines) is 1. The quantitative estimate of drug-likeness (QED) is 0.797. The van der Waals surface area contributed by atoms with Crippen LogP contribution in [0.15, 0.2) is 36.7 Å². The highest BCUT2D eigenvalue weighted by atomic mass is 16.6. The lowest BCUT2D eigenvalue weighted by atomic mass is 10.1. The third-order valence-electron chi connectivity index (χ3n) is 4.89. The first kappa shape index (κ1) is 20.9. The van der Waals surface area contributed by atoms with Crippen molar-refractivity contribution in [3.05, 3.63) is 53.3 Å². The molecule has 29 heavy (non-hydrogen) atoms. The SMILES string of the molecule is Cc1cnn(C2CCN(C(=O)NCc3ccc(C(=O)OC(C)(C)C)cc3)CC2)c1. The average molecular weight is 399 g/mol. The molecule has 0 unspecified atom stereocenters. The van der Waals surface area contributed by atoms with Gasteiger partial charge in [0.15, 0.2) is 0 Å². The van der Waals surface area contributed by atoms with Crippen LogP contribution >= 0.6 is 0 Å². The molecule has 7 heteroatoms. The first-order chi connectivity index (χ1) is 13.7. The topological polar surface area (TPSA) is 76.5 Å². The number of amides is 2. The minimum absolute atomic E-state index is 0.0590. The molecule has 1 aliphatic rings. The van der Waals surface area contributed by atoms with E-state index in [2.05, 4.69) is 16.6 Å². The lowest BCUT2D eigenvalue weighted by Crippen LogP contribution is -2.44. The fourth-order valence-electron chi connectivity index (χ4n) is 3.35. The van der Waals surface area contributed by atoms with Crippen LogP contribution < -0.4 is 5.32 Å². The number of hydrogen-bond donors (Lipinski definition) is 1. The van der Waals surface area contributed by atoms with Crippen molar-refractivity contribution in [3.8, 4) is 0 Å². The van der Waals surface area contributed by atoms with Crippen LogP contribution in [0.25, 0.3) is 0 Å². The van der Waals surface area contributed by atoms with Crippen LogP contribution in [0.1, 0.15) is 61.1 Å². The highest BCUT2D eigenvalue weighted by molar-refractivity contribution is 5.89. The maximum absolute atomic E-state index is 12.5. The second-order valence-electron chi connectivity index (χ2n) is 8.57. The van der Waals surface area contributed by atoms with E-state index >= 15 is 0 Å². The van der Waals surface area contributed by atoms with Crippen LogP contribution in [0, 0.1) is 6.92 Å². The van der Waals surface area contributed by atoms with Gasteiger partial charge in [-0.3, -0.25) is 4.68 Å². The molecule has 1 aromatic heterocycles. The lowest BCUT2D eigenvalue weighted by molar-refractivity contribution is 0.00694. The Morgan fingerprint density at radius 1 is 1.17 bits per heavy atom. The maximum atomic E-state index is 12.5. The highest BCUT2D eigenvalue weighted by Crippen LogP contribution is 2.22. The molecule has 0 radical (unpaired) electrons. The monoisotopic (exact) mass is 398 g/mol. The third-order valence-corrected chi connectivity index (χ3v) is 4.89. The molecule has 156 valence electrons. The van der Waals surface area contributed by atoms with Gasteiger partial charge in [-0.25, -0.2) is 9.59 Å². The molecule has 0 spiro atoms. The van der Waals surface area contributed by atoms with Crippen molar-refractivity contribution >= 4 is 12.0 Å². The van der Waals surface area contributed by atoms with Crippen LogP contribution in [0.3, 0.4) is 0 Å². The number of nitrogens with one attached hydrogen (secondary N) is 1. The van der Waals surface area contributed by atoms with E-state index in [1.807, 2.05) is 55.6 Å². The summed E-state index contributed by atoms with van der Waals surface area (Å²) < 4.78 is 7.37. The average Bonchev–Trinajstić information content (AvgIpc) is 3.11. The molecule has 2 amide bonds. The van der Waals surface area contributed by atoms with Gasteiger partial charge in [0.1, 0.15) is 5.60 Å². The number of rotatable bonds is 4. The zero-order chi connectivity index (χ0) is 21.0. The van der Waals surface area contributed by atoms with Crippen molar-refractivity contribution in [1.82, 2.24) is 20.0 Å². The summed E-state index contributed by atoms with van der Waals surface area (Å²) >= 11 is 0. The van der Waals surface area contributed by atoms with E-state index in [1.54, 1.807) is 12.1 Å². The Balaban J connectivity index is 1.45. The number of benzene rings is 1. The summed E-state index contributed by atoms with van der Waals surface area (Å²) in [5.41, 5.74) is 2.08. The summed E-state index contributed by atoms with van der Waals surface area (Å²) in [5, 5.41) is 7.35. The summed E-state index contributed by atoms with van der Waals surface area (Å²) in [4.78, 5) is 26.4. The van der Waals surface area contributed by atoms with E-state index < -0.39 is 5.60 Å². The predicted molar refractivity (Wildman–Crippen MR) is 111 cm³/mol. The van der Waals surface area contributed by atoms with Crippen LogP contribution in [0.4, 0.5) is 4.79 Å². The van der Waals surface area contributed by atoms with Crippen molar-refractivity contribution in [2.45, 2.75) is 58.7 Å². The smallest absolute Gasteiger partial charge is 0.338 e. The third kappa shape index (κ3) is 5.82. The minimum atomic E-state index is -0.520. The normalized spacial score (nSPS) is 15.2. The van der Waals surface area contributed by atoms with Crippen LogP contribution in [-0.4, -0.2) is 45.4 Å². The number of nitrogens with zero attached hydrogens (tertiary/aromatic N) is 3. The molecule has 1 fully saturated rings. The number of urea groups is 1. The molecule has 2 heterocycles. The van der Waals surface area contributed by atoms with Gasteiger partial charge in [-0.2, -0.15) is 5.10 Å². The second kappa shape index (κ2) is 8.68. The van der Waals surface area contributed by atoms with Gasteiger partial charge in [-0.05, 0) is 63.8 Å². The number of aromatic nitrogens is 2. The Morgan fingerprint density at radius 2 is 1.83 bits per heavy atom. The molecule has 1 N–H and O–H groups in total. The van der Waals surface area contributed by atoms with E-state index in [-0.39, 0.29) is 12.0 Å². The van der Waals surface area contributed by atoms with Gasteiger partial charge in [0.25, 0.3) is 0 Å². The van der Waals surface area contributed by atoms with Crippen LogP contribution in [-0.2, 0) is 11.3 Å². The Morgan fingerprint density at radius 3 is 2.38 bits per heavy atom. The number of ether oxygens (including phenoxy) is 1. The van der Waals surface area contributed by atoms with Gasteiger partial charge < -0.3 is 15.0 Å². The maximum Gasteiger partial charge on any atom is 0.338 e. The van der Waals surface area contributed by atoms with Gasteiger partial charge in [0.05, 0.1) is 17.8 Å². The van der Waals surface area contributed by atoms with Gasteiger partial charge in [-0.15, -0.1) is 0 Å². The summed E-state index contributed by atoms with van der Waals surface area (Å²) in [6.07, 6.45) is 5.73. The largest absolute Gasteiger partial charge is 0.456 e. The Kier molecular flexibility index (Phi) is 6.25. The van der Waals surface area contributed by atoms with Gasteiger partial charge in [0, 0.05) is 25.8 Å². The first-order valence-corrected chi connectivity index (χ1v) is 10.1. The molecule has 2 aromatic rings. The van der Waals surface area contributed by atoms with Crippen LogP contribution in [0.5, 0.6) is 0 Å². The number of esters is 1. The van der Waals surface area contributed by atoms with Gasteiger partial charge >= 0.3 is 12.0 Å². The van der Waals surface area contributed by atoms with Gasteiger partial charge in [0.2, 0.25) is 0 Å². The second-order valence-corrected chi connectivity index (χ2v) is 8.57. The van der Waals surface area contributed by atoms with E-state index in [9.17, 15) is 9.59 Å². The van der Waals surface area contributed by atoms with Crippen molar-refractivity contribution in [2.24, 2.45) is 0 Å². The lowest BCUT2D eigenvalue weighted by Gasteiger charge is -2.32. The highest BCUT2D eigenvalue weighted by Gasteiger charge is 2.24. The van der Waals surface area contributed by atoms with Gasteiger partial charge in [-0.1, -0.05) is 12.1 Å². The fraction of sp³-hybridized carbons (Fsp3) is 0.500. The molecule has 1 saturated heterocycles. The molecular weight excluding hydrogens is 368 g/mol. The summed E-state index contributed by atoms with van der Waals surface area (Å²) in [6.45, 7) is 9.41. The van der Waals surface area contributed by atoms with Crippen molar-refractivity contribution in [2.75, 3.05) is 13.1 Å². The molecule has 0 saturated carbocycles. The summed E-state index contributed by atoms with van der Waals surface area (Å²) in [7, 11) is 0. The van der Waals surface area contributed by atoms with Crippen molar-refractivity contribution < 1.29 is 14.3 Å². The Bertz CT molecular complexity index is 844. The van der Waals surface area contributed by atoms with Crippen molar-refractivity contribution in [1.29, 1.82) is 0 Å². The van der Waals surface area contributed by atoms with E-state index in [0.717, 1.165) is 24.0 Å². The number of carbonyl (C=O) groups excluding carboxylic acids is 2. The molecule has 7 nitrogen and oxygen atoms in total. The molecule has 3 rings (SSSR count). The Hall–Kier alpha value is -2.83. The van der Waals surface area contributed by atoms with E-state index in [1.165, 1.54) is 0 Å². The number of piperidine rings is 1. The first-order valence-electron chi connectivity index (χ1n) is 10.1. The molecule has 1 aliphatic heterocycles. The van der Waals surface area contributed by atoms with Crippen LogP contribution in [0.2, 0.25) is 0 Å². The zero-order valence-electron chi connectivity index (χ0n) is 17.6. The summed E-state index contributed by atoms with van der Waals surface area (Å²) in [6, 6.07) is 7.43. The molecule has 0 atom stereocenters. The predicted octanol–water partition coefficient (Wildman–Crippen LogP) is 3.69. The standard InChI is InChI=1S/C22H30N4O3/c1-16-13-24-26(15-16)19-9-11-25(12-10-19)21(28)23-14-17-5-7-18(8-6-17)20(27)29-22(2,3)4/h5-8,13,15,19H,9-12,14H2,1-4H3,(H,23,28).